The van der Waals surface area contributed by atoms with E-state index in [0.717, 1.165) is 44.7 Å². The van der Waals surface area contributed by atoms with Crippen molar-refractivity contribution < 1.29 is 9.50 Å². The number of hydrogen-bond donors (Lipinski definition) is 1. The Kier molecular flexibility index (Phi) is 3.93. The fraction of sp³-hybridized carbons (Fsp3) is 0.647. The molecule has 0 radical (unpaired) electrons. The molecule has 0 bridgehead atoms. The average Bonchev–Trinajstić information content (AvgIpc) is 2.74. The molecule has 116 valence electrons. The van der Waals surface area contributed by atoms with Gasteiger partial charge in [-0.1, -0.05) is 19.1 Å². The van der Waals surface area contributed by atoms with Crippen LogP contribution < -0.4 is 4.90 Å². The summed E-state index contributed by atoms with van der Waals surface area (Å²) in [5.41, 5.74) is 0.153. The molecule has 0 amide bonds. The smallest absolute Gasteiger partial charge is 0.146 e. The number of halogens is 1. The molecule has 2 saturated heterocycles. The largest absolute Gasteiger partial charge is 0.389 e. The molecule has 2 aliphatic heterocycles. The Morgan fingerprint density at radius 3 is 2.48 bits per heavy atom. The van der Waals surface area contributed by atoms with Gasteiger partial charge >= 0.3 is 0 Å². The van der Waals surface area contributed by atoms with Crippen molar-refractivity contribution in [1.29, 1.82) is 0 Å². The summed E-state index contributed by atoms with van der Waals surface area (Å²) in [7, 11) is 0. The number of nitrogens with zero attached hydrogens (tertiary/aromatic N) is 2. The number of anilines is 1. The van der Waals surface area contributed by atoms with Gasteiger partial charge in [-0.15, -0.1) is 0 Å². The second-order valence-electron chi connectivity index (χ2n) is 6.86. The molecular weight excluding hydrogens is 267 g/mol. The van der Waals surface area contributed by atoms with Crippen LogP contribution in [0, 0.1) is 11.7 Å². The van der Waals surface area contributed by atoms with Gasteiger partial charge in [-0.05, 0) is 37.8 Å². The Bertz CT molecular complexity index is 497. The zero-order valence-electron chi connectivity index (χ0n) is 12.9. The van der Waals surface area contributed by atoms with Gasteiger partial charge in [0.05, 0.1) is 11.3 Å². The second-order valence-corrected chi connectivity index (χ2v) is 6.86. The van der Waals surface area contributed by atoms with Crippen LogP contribution in [0.25, 0.3) is 0 Å². The lowest BCUT2D eigenvalue weighted by atomic mass is 9.95. The maximum absolute atomic E-state index is 13.8. The van der Waals surface area contributed by atoms with Crippen molar-refractivity contribution >= 4 is 5.69 Å². The first-order valence-electron chi connectivity index (χ1n) is 7.93. The molecule has 0 spiro atoms. The van der Waals surface area contributed by atoms with Crippen LogP contribution in [0.15, 0.2) is 24.3 Å². The van der Waals surface area contributed by atoms with E-state index in [4.69, 9.17) is 0 Å². The van der Waals surface area contributed by atoms with Crippen LogP contribution in [0.2, 0.25) is 0 Å². The fourth-order valence-corrected chi connectivity index (χ4v) is 3.64. The van der Waals surface area contributed by atoms with Crippen LogP contribution in [0.3, 0.4) is 0 Å². The summed E-state index contributed by atoms with van der Waals surface area (Å²) in [6.07, 6.45) is 2.08. The van der Waals surface area contributed by atoms with E-state index in [1.165, 1.54) is 6.07 Å². The number of piperidine rings is 1. The lowest BCUT2D eigenvalue weighted by Gasteiger charge is -2.38. The molecule has 2 heterocycles. The SMILES string of the molecule is C[C@@H]1CN(C2CCN(c3ccccc3F)CC2)C[C@]1(C)O. The third-order valence-corrected chi connectivity index (χ3v) is 5.27. The molecule has 3 rings (SSSR count). The number of aliphatic hydroxyl groups is 1. The Labute approximate surface area is 126 Å². The molecular formula is C17H25FN2O. The Balaban J connectivity index is 1.60. The lowest BCUT2D eigenvalue weighted by molar-refractivity contribution is 0.0327. The van der Waals surface area contributed by atoms with Crippen molar-refractivity contribution in [3.05, 3.63) is 30.1 Å². The third-order valence-electron chi connectivity index (χ3n) is 5.27. The van der Waals surface area contributed by atoms with Crippen LogP contribution in [-0.2, 0) is 0 Å². The first-order chi connectivity index (χ1) is 9.97. The first-order valence-corrected chi connectivity index (χ1v) is 7.93. The van der Waals surface area contributed by atoms with Gasteiger partial charge in [0.25, 0.3) is 0 Å². The van der Waals surface area contributed by atoms with E-state index in [-0.39, 0.29) is 5.82 Å². The first kappa shape index (κ1) is 14.8. The van der Waals surface area contributed by atoms with Gasteiger partial charge in [0.1, 0.15) is 5.82 Å². The lowest BCUT2D eigenvalue weighted by Crippen LogP contribution is -2.45. The molecule has 1 aromatic carbocycles. The number of β-amino-alcohol motifs (C(OH)–C–C–N with tert-alkyl or cyclic N) is 1. The summed E-state index contributed by atoms with van der Waals surface area (Å²) in [6.45, 7) is 7.56. The van der Waals surface area contributed by atoms with Gasteiger partial charge < -0.3 is 10.0 Å². The summed E-state index contributed by atoms with van der Waals surface area (Å²) in [5, 5.41) is 10.3. The minimum atomic E-state index is -0.567. The summed E-state index contributed by atoms with van der Waals surface area (Å²) < 4.78 is 13.8. The van der Waals surface area contributed by atoms with Gasteiger partial charge in [0, 0.05) is 32.2 Å². The number of benzene rings is 1. The van der Waals surface area contributed by atoms with Gasteiger partial charge in [0.15, 0.2) is 0 Å². The molecule has 0 aliphatic carbocycles. The van der Waals surface area contributed by atoms with Crippen LogP contribution in [0.4, 0.5) is 10.1 Å². The second kappa shape index (κ2) is 5.58. The molecule has 21 heavy (non-hydrogen) atoms. The maximum atomic E-state index is 13.8. The van der Waals surface area contributed by atoms with Gasteiger partial charge in [-0.2, -0.15) is 0 Å². The molecule has 1 aromatic rings. The number of para-hydroxylation sites is 1. The normalized spacial score (nSPS) is 31.8. The predicted molar refractivity (Wildman–Crippen MR) is 83.0 cm³/mol. The number of likely N-dealkylation sites (tertiary alicyclic amines) is 1. The van der Waals surface area contributed by atoms with Gasteiger partial charge in [-0.3, -0.25) is 4.90 Å². The van der Waals surface area contributed by atoms with Gasteiger partial charge in [0.2, 0.25) is 0 Å². The highest BCUT2D eigenvalue weighted by molar-refractivity contribution is 5.47. The molecule has 2 aliphatic rings. The standard InChI is InChI=1S/C17H25FN2O/c1-13-11-20(12-17(13,2)21)14-7-9-19(10-8-14)16-6-4-3-5-15(16)18/h3-6,13-14,21H,7-12H2,1-2H3/t13-,17+/m1/s1. The van der Waals surface area contributed by atoms with E-state index in [0.29, 0.717) is 12.0 Å². The highest BCUT2D eigenvalue weighted by atomic mass is 19.1. The molecule has 3 nitrogen and oxygen atoms in total. The number of hydrogen-bond acceptors (Lipinski definition) is 3. The summed E-state index contributed by atoms with van der Waals surface area (Å²) in [6, 6.07) is 7.53. The monoisotopic (exact) mass is 292 g/mol. The van der Waals surface area contributed by atoms with Crippen molar-refractivity contribution in [2.75, 3.05) is 31.1 Å². The molecule has 4 heteroatoms. The van der Waals surface area contributed by atoms with Gasteiger partial charge in [-0.25, -0.2) is 4.39 Å². The van der Waals surface area contributed by atoms with E-state index in [1.807, 2.05) is 19.1 Å². The highest BCUT2D eigenvalue weighted by Crippen LogP contribution is 2.32. The Morgan fingerprint density at radius 1 is 1.24 bits per heavy atom. The van der Waals surface area contributed by atoms with Crippen molar-refractivity contribution in [1.82, 2.24) is 4.90 Å². The van der Waals surface area contributed by atoms with Crippen LogP contribution in [0.5, 0.6) is 0 Å². The number of rotatable bonds is 2. The molecule has 1 N–H and O–H groups in total. The maximum Gasteiger partial charge on any atom is 0.146 e. The van der Waals surface area contributed by atoms with Crippen LogP contribution in [-0.4, -0.2) is 47.8 Å². The predicted octanol–water partition coefficient (Wildman–Crippen LogP) is 2.50. The van der Waals surface area contributed by atoms with Crippen molar-refractivity contribution in [2.45, 2.75) is 38.3 Å². The minimum absolute atomic E-state index is 0.131. The third kappa shape index (κ3) is 2.92. The fourth-order valence-electron chi connectivity index (χ4n) is 3.64. The Hall–Kier alpha value is -1.13. The van der Waals surface area contributed by atoms with E-state index >= 15 is 0 Å². The molecule has 0 saturated carbocycles. The molecule has 2 fully saturated rings. The van der Waals surface area contributed by atoms with Crippen molar-refractivity contribution in [3.63, 3.8) is 0 Å². The van der Waals surface area contributed by atoms with Crippen LogP contribution in [0.1, 0.15) is 26.7 Å². The van der Waals surface area contributed by atoms with Crippen LogP contribution >= 0.6 is 0 Å². The summed E-state index contributed by atoms with van der Waals surface area (Å²) in [4.78, 5) is 4.56. The Morgan fingerprint density at radius 2 is 1.90 bits per heavy atom. The topological polar surface area (TPSA) is 26.7 Å². The average molecular weight is 292 g/mol. The van der Waals surface area contributed by atoms with Crippen molar-refractivity contribution in [3.8, 4) is 0 Å². The zero-order valence-corrected chi connectivity index (χ0v) is 12.9. The molecule has 0 unspecified atom stereocenters. The van der Waals surface area contributed by atoms with Crippen molar-refractivity contribution in [2.24, 2.45) is 5.92 Å². The summed E-state index contributed by atoms with van der Waals surface area (Å²) >= 11 is 0. The van der Waals surface area contributed by atoms with E-state index in [9.17, 15) is 9.50 Å². The molecule has 2 atom stereocenters. The minimum Gasteiger partial charge on any atom is -0.389 e. The zero-order chi connectivity index (χ0) is 15.0. The van der Waals surface area contributed by atoms with E-state index in [1.54, 1.807) is 6.07 Å². The molecule has 0 aromatic heterocycles. The van der Waals surface area contributed by atoms with E-state index in [2.05, 4.69) is 16.7 Å². The highest BCUT2D eigenvalue weighted by Gasteiger charge is 2.41. The quantitative estimate of drug-likeness (QED) is 0.907. The summed E-state index contributed by atoms with van der Waals surface area (Å²) in [5.74, 6) is 0.191. The van der Waals surface area contributed by atoms with E-state index < -0.39 is 5.60 Å².